The van der Waals surface area contributed by atoms with Gasteiger partial charge in [0.15, 0.2) is 0 Å². The predicted molar refractivity (Wildman–Crippen MR) is 145 cm³/mol. The van der Waals surface area contributed by atoms with Gasteiger partial charge in [-0.15, -0.1) is 0 Å². The van der Waals surface area contributed by atoms with E-state index in [0.717, 1.165) is 11.8 Å². The summed E-state index contributed by atoms with van der Waals surface area (Å²) in [5, 5.41) is 2.93. The van der Waals surface area contributed by atoms with E-state index < -0.39 is 21.6 Å². The first-order chi connectivity index (χ1) is 17.2. The first-order valence-electron chi connectivity index (χ1n) is 12.1. The van der Waals surface area contributed by atoms with Gasteiger partial charge in [0.05, 0.1) is 26.2 Å². The highest BCUT2D eigenvalue weighted by Crippen LogP contribution is 2.22. The van der Waals surface area contributed by atoms with Crippen LogP contribution in [-0.4, -0.2) is 63.7 Å². The van der Waals surface area contributed by atoms with E-state index in [1.54, 1.807) is 50.4 Å². The molecule has 0 saturated heterocycles. The molecule has 0 spiro atoms. The second-order valence-corrected chi connectivity index (χ2v) is 11.8. The van der Waals surface area contributed by atoms with E-state index in [1.165, 1.54) is 16.3 Å². The molecule has 0 bridgehead atoms. The van der Waals surface area contributed by atoms with Crippen molar-refractivity contribution in [1.82, 2.24) is 10.2 Å². The van der Waals surface area contributed by atoms with Gasteiger partial charge in [-0.2, -0.15) is 0 Å². The van der Waals surface area contributed by atoms with Crippen LogP contribution < -0.4 is 19.1 Å². The Morgan fingerprint density at radius 3 is 1.92 bits per heavy atom. The minimum absolute atomic E-state index is 0.0749. The van der Waals surface area contributed by atoms with Crippen LogP contribution in [0.1, 0.15) is 46.1 Å². The number of carbonyl (C=O) groups is 2. The number of rotatable bonds is 12. The lowest BCUT2D eigenvalue weighted by Gasteiger charge is -2.32. The summed E-state index contributed by atoms with van der Waals surface area (Å²) >= 11 is 0. The topological polar surface area (TPSA) is 105 Å². The monoisotopic (exact) mass is 533 g/mol. The van der Waals surface area contributed by atoms with Crippen LogP contribution in [0.4, 0.5) is 5.69 Å². The molecule has 2 aromatic rings. The number of amides is 2. The summed E-state index contributed by atoms with van der Waals surface area (Å²) in [5.41, 5.74) is 0.887. The van der Waals surface area contributed by atoms with Crippen molar-refractivity contribution in [3.63, 3.8) is 0 Å². The zero-order valence-electron chi connectivity index (χ0n) is 22.8. The summed E-state index contributed by atoms with van der Waals surface area (Å²) in [6.07, 6.45) is 1.49. The van der Waals surface area contributed by atoms with Crippen molar-refractivity contribution >= 4 is 27.5 Å². The zero-order chi connectivity index (χ0) is 27.8. The standard InChI is InChI=1S/C27H39N3O6S/c1-20(26(32)28-27(2,3)4)29(19-21-10-14-23(35-5)15-11-21)25(31)9-8-18-30(37(7,33)34)22-12-16-24(36-6)17-13-22/h10-17,20H,8-9,18-19H2,1-7H3,(H,28,32)/t20-/m1/s1. The number of hydrogen-bond acceptors (Lipinski definition) is 6. The quantitative estimate of drug-likeness (QED) is 0.447. The van der Waals surface area contributed by atoms with E-state index in [0.29, 0.717) is 17.2 Å². The van der Waals surface area contributed by atoms with Crippen LogP contribution in [0.5, 0.6) is 11.5 Å². The summed E-state index contributed by atoms with van der Waals surface area (Å²) in [5.74, 6) is 0.810. The van der Waals surface area contributed by atoms with Crippen molar-refractivity contribution in [2.45, 2.75) is 58.7 Å². The summed E-state index contributed by atoms with van der Waals surface area (Å²) < 4.78 is 36.5. The minimum atomic E-state index is -3.57. The number of ether oxygens (including phenoxy) is 2. The van der Waals surface area contributed by atoms with E-state index in [2.05, 4.69) is 5.32 Å². The molecule has 1 atom stereocenters. The summed E-state index contributed by atoms with van der Waals surface area (Å²) in [6.45, 7) is 7.69. The molecule has 0 aliphatic heterocycles. The van der Waals surface area contributed by atoms with Gasteiger partial charge in [0, 0.05) is 25.0 Å². The average molecular weight is 534 g/mol. The first-order valence-corrected chi connectivity index (χ1v) is 14.0. The highest BCUT2D eigenvalue weighted by molar-refractivity contribution is 7.92. The van der Waals surface area contributed by atoms with Crippen LogP contribution in [-0.2, 0) is 26.2 Å². The third-order valence-electron chi connectivity index (χ3n) is 5.69. The molecule has 10 heteroatoms. The van der Waals surface area contributed by atoms with Gasteiger partial charge < -0.3 is 19.7 Å². The molecular weight excluding hydrogens is 494 g/mol. The molecular formula is C27H39N3O6S. The normalized spacial score (nSPS) is 12.4. The third kappa shape index (κ3) is 9.27. The van der Waals surface area contributed by atoms with Gasteiger partial charge in [0.1, 0.15) is 17.5 Å². The van der Waals surface area contributed by atoms with Crippen LogP contribution in [0.25, 0.3) is 0 Å². The molecule has 0 aliphatic carbocycles. The Bertz CT molecular complexity index is 1140. The molecule has 0 heterocycles. The molecule has 1 N–H and O–H groups in total. The van der Waals surface area contributed by atoms with Crippen LogP contribution in [0.3, 0.4) is 0 Å². The second kappa shape index (κ2) is 12.8. The molecule has 37 heavy (non-hydrogen) atoms. The van der Waals surface area contributed by atoms with Gasteiger partial charge in [0.25, 0.3) is 0 Å². The Hall–Kier alpha value is -3.27. The highest BCUT2D eigenvalue weighted by atomic mass is 32.2. The Morgan fingerprint density at radius 2 is 1.46 bits per heavy atom. The van der Waals surface area contributed by atoms with Gasteiger partial charge in [-0.05, 0) is 76.1 Å². The molecule has 2 aromatic carbocycles. The predicted octanol–water partition coefficient (Wildman–Crippen LogP) is 3.58. The van der Waals surface area contributed by atoms with Crippen LogP contribution in [0.2, 0.25) is 0 Å². The Kier molecular flexibility index (Phi) is 10.4. The first kappa shape index (κ1) is 30.0. The fourth-order valence-electron chi connectivity index (χ4n) is 3.74. The third-order valence-corrected chi connectivity index (χ3v) is 6.88. The lowest BCUT2D eigenvalue weighted by molar-refractivity contribution is -0.141. The largest absolute Gasteiger partial charge is 0.497 e. The van der Waals surface area contributed by atoms with E-state index in [1.807, 2.05) is 32.9 Å². The lowest BCUT2D eigenvalue weighted by atomic mass is 10.1. The SMILES string of the molecule is COc1ccc(CN(C(=O)CCCN(c2ccc(OC)cc2)S(C)(=O)=O)[C@H](C)C(=O)NC(C)(C)C)cc1. The molecule has 0 unspecified atom stereocenters. The van der Waals surface area contributed by atoms with Gasteiger partial charge >= 0.3 is 0 Å². The Labute approximate surface area is 220 Å². The minimum Gasteiger partial charge on any atom is -0.497 e. The van der Waals surface area contributed by atoms with Gasteiger partial charge in [-0.25, -0.2) is 8.42 Å². The van der Waals surface area contributed by atoms with Crippen LogP contribution in [0.15, 0.2) is 48.5 Å². The molecule has 2 amide bonds. The molecule has 0 fully saturated rings. The lowest BCUT2D eigenvalue weighted by Crippen LogP contribution is -2.52. The highest BCUT2D eigenvalue weighted by Gasteiger charge is 2.28. The number of nitrogens with one attached hydrogen (secondary N) is 1. The van der Waals surface area contributed by atoms with E-state index in [4.69, 9.17) is 9.47 Å². The fourth-order valence-corrected chi connectivity index (χ4v) is 4.70. The average Bonchev–Trinajstić information content (AvgIpc) is 2.83. The van der Waals surface area contributed by atoms with E-state index in [9.17, 15) is 18.0 Å². The smallest absolute Gasteiger partial charge is 0.242 e. The molecule has 0 aromatic heterocycles. The molecule has 0 saturated carbocycles. The number of anilines is 1. The number of carbonyl (C=O) groups excluding carboxylic acids is 2. The van der Waals surface area contributed by atoms with Gasteiger partial charge in [-0.1, -0.05) is 12.1 Å². The Morgan fingerprint density at radius 1 is 0.946 bits per heavy atom. The van der Waals surface area contributed by atoms with Crippen molar-refractivity contribution in [2.24, 2.45) is 0 Å². The molecule has 204 valence electrons. The van der Waals surface area contributed by atoms with Gasteiger partial charge in [0.2, 0.25) is 21.8 Å². The Balaban J connectivity index is 2.18. The van der Waals surface area contributed by atoms with Crippen LogP contribution in [0, 0.1) is 0 Å². The zero-order valence-corrected chi connectivity index (χ0v) is 23.6. The molecule has 2 rings (SSSR count). The summed E-state index contributed by atoms with van der Waals surface area (Å²) in [4.78, 5) is 27.8. The molecule has 9 nitrogen and oxygen atoms in total. The number of nitrogens with zero attached hydrogens (tertiary/aromatic N) is 2. The maximum atomic E-state index is 13.4. The summed E-state index contributed by atoms with van der Waals surface area (Å²) in [7, 11) is -0.453. The van der Waals surface area contributed by atoms with Crippen molar-refractivity contribution in [2.75, 3.05) is 31.3 Å². The molecule has 0 radical (unpaired) electrons. The second-order valence-electron chi connectivity index (χ2n) is 9.92. The number of benzene rings is 2. The van der Waals surface area contributed by atoms with Crippen molar-refractivity contribution in [3.8, 4) is 11.5 Å². The summed E-state index contributed by atoms with van der Waals surface area (Å²) in [6, 6.07) is 13.3. The molecule has 0 aliphatic rings. The van der Waals surface area contributed by atoms with E-state index >= 15 is 0 Å². The van der Waals surface area contributed by atoms with Crippen molar-refractivity contribution in [3.05, 3.63) is 54.1 Å². The van der Waals surface area contributed by atoms with E-state index in [-0.39, 0.29) is 37.7 Å². The maximum Gasteiger partial charge on any atom is 0.242 e. The number of methoxy groups -OCH3 is 2. The fraction of sp³-hybridized carbons (Fsp3) is 0.481. The van der Waals surface area contributed by atoms with Crippen molar-refractivity contribution < 1.29 is 27.5 Å². The number of hydrogen-bond donors (Lipinski definition) is 1. The van der Waals surface area contributed by atoms with Crippen LogP contribution >= 0.6 is 0 Å². The van der Waals surface area contributed by atoms with Crippen molar-refractivity contribution in [1.29, 1.82) is 0 Å². The number of sulfonamides is 1. The maximum absolute atomic E-state index is 13.4. The van der Waals surface area contributed by atoms with Gasteiger partial charge in [-0.3, -0.25) is 13.9 Å².